The Morgan fingerprint density at radius 3 is 2.42 bits per heavy atom. The normalized spacial score (nSPS) is 18.7. The van der Waals surface area contributed by atoms with Crippen LogP contribution in [0.15, 0.2) is 78.9 Å². The molecule has 2 unspecified atom stereocenters. The topological polar surface area (TPSA) is 163 Å². The van der Waals surface area contributed by atoms with Crippen molar-refractivity contribution in [3.8, 4) is 22.8 Å². The van der Waals surface area contributed by atoms with Crippen molar-refractivity contribution in [3.63, 3.8) is 0 Å². The van der Waals surface area contributed by atoms with Crippen LogP contribution in [0.4, 0.5) is 14.6 Å². The van der Waals surface area contributed by atoms with Crippen molar-refractivity contribution in [3.05, 3.63) is 105 Å². The number of thiophene rings is 1. The quantitative estimate of drug-likeness (QED) is 0.0865. The molecule has 3 saturated heterocycles. The summed E-state index contributed by atoms with van der Waals surface area (Å²) in [5.41, 5.74) is 2.21. The first-order chi connectivity index (χ1) is 30.7. The molecule has 4 aromatic rings. The van der Waals surface area contributed by atoms with E-state index in [2.05, 4.69) is 25.4 Å². The molecule has 14 nitrogen and oxygen atoms in total. The van der Waals surface area contributed by atoms with Gasteiger partial charge in [-0.1, -0.05) is 30.3 Å². The molecule has 1 aliphatic carbocycles. The molecule has 5 aliphatic rings. The Morgan fingerprint density at radius 1 is 0.922 bits per heavy atom. The number of aromatic nitrogens is 1. The van der Waals surface area contributed by atoms with Crippen LogP contribution in [0.25, 0.3) is 11.3 Å². The zero-order valence-corrected chi connectivity index (χ0v) is 36.8. The van der Waals surface area contributed by atoms with Crippen molar-refractivity contribution in [2.45, 2.75) is 75.7 Å². The largest absolute Gasteiger partial charge is 0.586 e. The number of likely N-dealkylation sites (N-methyl/N-ethyl adjacent to an activating group) is 1. The number of amides is 5. The highest BCUT2D eigenvalue weighted by Crippen LogP contribution is 2.52. The lowest BCUT2D eigenvalue weighted by Crippen LogP contribution is -2.70. The molecule has 4 fully saturated rings. The van der Waals surface area contributed by atoms with Gasteiger partial charge in [-0.15, -0.1) is 20.1 Å². The van der Waals surface area contributed by atoms with Crippen LogP contribution in [0.5, 0.6) is 11.5 Å². The van der Waals surface area contributed by atoms with Crippen LogP contribution in [-0.4, -0.2) is 114 Å². The molecular formula is C47H51F2N7O7S. The molecule has 3 N–H and O–H groups in total. The first kappa shape index (κ1) is 44.4. The fourth-order valence-electron chi connectivity index (χ4n) is 8.43. The van der Waals surface area contributed by atoms with Gasteiger partial charge < -0.3 is 40.1 Å². The van der Waals surface area contributed by atoms with Crippen molar-refractivity contribution in [1.82, 2.24) is 30.3 Å². The number of unbranched alkanes of at least 4 members (excludes halogenated alkanes) is 1. The first-order valence-electron chi connectivity index (χ1n) is 21.5. The van der Waals surface area contributed by atoms with Crippen LogP contribution < -0.4 is 25.4 Å². The molecule has 0 spiro atoms. The number of benzene rings is 2. The van der Waals surface area contributed by atoms with Gasteiger partial charge in [-0.3, -0.25) is 24.0 Å². The van der Waals surface area contributed by atoms with Gasteiger partial charge >= 0.3 is 6.29 Å². The number of piperazine rings is 1. The summed E-state index contributed by atoms with van der Waals surface area (Å²) < 4.78 is 36.3. The number of nitrogens with one attached hydrogen (secondary N) is 3. The number of carbonyl (C=O) groups is 5. The zero-order chi connectivity index (χ0) is 45.2. The van der Waals surface area contributed by atoms with E-state index in [1.165, 1.54) is 23.5 Å². The predicted molar refractivity (Wildman–Crippen MR) is 236 cm³/mol. The highest BCUT2D eigenvalue weighted by atomic mass is 32.1. The summed E-state index contributed by atoms with van der Waals surface area (Å²) in [7, 11) is 3.90. The highest BCUT2D eigenvalue weighted by molar-refractivity contribution is 7.14. The summed E-state index contributed by atoms with van der Waals surface area (Å²) in [6.07, 6.45) is 3.87. The number of piperidine rings is 1. The van der Waals surface area contributed by atoms with Crippen molar-refractivity contribution in [1.29, 1.82) is 0 Å². The summed E-state index contributed by atoms with van der Waals surface area (Å²) in [5.74, 6) is -0.557. The molecule has 9 rings (SSSR count). The number of anilines is 1. The van der Waals surface area contributed by atoms with Gasteiger partial charge in [-0.2, -0.15) is 0 Å². The van der Waals surface area contributed by atoms with Crippen molar-refractivity contribution >= 4 is 46.7 Å². The molecule has 2 atom stereocenters. The Kier molecular flexibility index (Phi) is 12.8. The van der Waals surface area contributed by atoms with Crippen LogP contribution >= 0.6 is 11.3 Å². The van der Waals surface area contributed by atoms with E-state index in [0.717, 1.165) is 16.9 Å². The van der Waals surface area contributed by atoms with Gasteiger partial charge in [0.05, 0.1) is 28.1 Å². The maximum atomic E-state index is 13.6. The number of halogens is 2. The molecule has 6 heterocycles. The number of nitrogens with zero attached hydrogens (tertiary/aromatic N) is 4. The molecular weight excluding hydrogens is 845 g/mol. The van der Waals surface area contributed by atoms with Crippen molar-refractivity contribution in [2.75, 3.05) is 52.1 Å². The van der Waals surface area contributed by atoms with E-state index in [1.54, 1.807) is 36.4 Å². The maximum absolute atomic E-state index is 13.6. The number of hydrogen-bond donors (Lipinski definition) is 3. The Hall–Kier alpha value is -6.20. The second-order valence-electron chi connectivity index (χ2n) is 17.1. The van der Waals surface area contributed by atoms with Crippen LogP contribution in [-0.2, 0) is 26.2 Å². The van der Waals surface area contributed by atoms with Crippen LogP contribution in [0, 0.1) is 6.92 Å². The number of rotatable bonds is 17. The van der Waals surface area contributed by atoms with Gasteiger partial charge in [0.15, 0.2) is 11.5 Å². The van der Waals surface area contributed by atoms with E-state index >= 15 is 0 Å². The maximum Gasteiger partial charge on any atom is 0.586 e. The van der Waals surface area contributed by atoms with Crippen LogP contribution in [0.1, 0.15) is 74.6 Å². The summed E-state index contributed by atoms with van der Waals surface area (Å²) in [4.78, 5) is 77.3. The molecule has 2 aromatic heterocycles. The van der Waals surface area contributed by atoms with E-state index in [0.29, 0.717) is 104 Å². The summed E-state index contributed by atoms with van der Waals surface area (Å²) in [6.45, 7) is 4.51. The van der Waals surface area contributed by atoms with Gasteiger partial charge in [-0.25, -0.2) is 4.98 Å². The number of alkyl halides is 2. The molecule has 4 aliphatic heterocycles. The Morgan fingerprint density at radius 2 is 1.67 bits per heavy atom. The number of ether oxygens (including phenoxy) is 2. The number of aryl methyl sites for hydroxylation is 2. The van der Waals surface area contributed by atoms with Gasteiger partial charge in [0.25, 0.3) is 11.8 Å². The zero-order valence-electron chi connectivity index (χ0n) is 36.0. The second kappa shape index (κ2) is 18.5. The minimum atomic E-state index is -3.75. The standard InChI is InChI=1S/C47H51F2N7O7S/c1-29-11-17-39(53-45(61)46(19-20-46)32-12-15-36-37(25-32)63-47(48,49)62-36)52-42(29)30-8-6-9-31(24-30)43(59)51-22-5-4-21-50-40(57)18-14-35-13-16-38(64-35)44(60)55-27-33-26-34(28-55)56(33)41(58)10-7-23-54(2)3/h6-13,15-17,24-25,33-34H,4-5,14,18-23,26-28H2,1-3H3,(H,50,57)(H,51,59)(H,52,53,61)/b10-7+. The lowest BCUT2D eigenvalue weighted by atomic mass is 9.87. The molecule has 2 bridgehead atoms. The number of pyridine rings is 1. The number of hydrogen-bond acceptors (Lipinski definition) is 10. The molecule has 5 amide bonds. The van der Waals surface area contributed by atoms with E-state index in [-0.39, 0.29) is 53.1 Å². The lowest BCUT2D eigenvalue weighted by Gasteiger charge is -2.55. The predicted octanol–water partition coefficient (Wildman–Crippen LogP) is 5.91. The number of carbonyl (C=O) groups excluding carboxylic acids is 5. The van der Waals surface area contributed by atoms with Crippen molar-refractivity contribution in [2.24, 2.45) is 0 Å². The minimum absolute atomic E-state index is 0.00393. The molecule has 1 saturated carbocycles. The smallest absolute Gasteiger partial charge is 0.395 e. The Bertz CT molecular complexity index is 2480. The van der Waals surface area contributed by atoms with Gasteiger partial charge in [0.2, 0.25) is 17.7 Å². The third-order valence-electron chi connectivity index (χ3n) is 12.0. The molecule has 0 radical (unpaired) electrons. The molecule has 2 aromatic carbocycles. The summed E-state index contributed by atoms with van der Waals surface area (Å²) in [6, 6.07) is 18.8. The number of fused-ring (bicyclic) bond motifs is 3. The van der Waals surface area contributed by atoms with Gasteiger partial charge in [0, 0.05) is 61.2 Å². The lowest BCUT2D eigenvalue weighted by molar-refractivity contribution is -0.286. The Labute approximate surface area is 374 Å². The summed E-state index contributed by atoms with van der Waals surface area (Å²) >= 11 is 1.41. The first-order valence-corrected chi connectivity index (χ1v) is 22.4. The fourth-order valence-corrected chi connectivity index (χ4v) is 9.40. The van der Waals surface area contributed by atoms with Crippen LogP contribution in [0.2, 0.25) is 0 Å². The average Bonchev–Trinajstić information content (AvgIpc) is 3.83. The molecule has 64 heavy (non-hydrogen) atoms. The van der Waals surface area contributed by atoms with Crippen molar-refractivity contribution < 1.29 is 42.2 Å². The third kappa shape index (κ3) is 9.95. The average molecular weight is 896 g/mol. The van der Waals surface area contributed by atoms with Gasteiger partial charge in [0.1, 0.15) is 5.82 Å². The van der Waals surface area contributed by atoms with E-state index < -0.39 is 11.7 Å². The monoisotopic (exact) mass is 895 g/mol. The fraction of sp³-hybridized carbons (Fsp3) is 0.404. The minimum Gasteiger partial charge on any atom is -0.395 e. The second-order valence-corrected chi connectivity index (χ2v) is 18.2. The molecule has 17 heteroatoms. The Balaban J connectivity index is 0.740. The van der Waals surface area contributed by atoms with E-state index in [1.807, 2.05) is 66.1 Å². The van der Waals surface area contributed by atoms with E-state index in [4.69, 9.17) is 4.98 Å². The van der Waals surface area contributed by atoms with Gasteiger partial charge in [-0.05, 0) is 113 Å². The highest BCUT2D eigenvalue weighted by Gasteiger charge is 2.53. The summed E-state index contributed by atoms with van der Waals surface area (Å²) in [5, 5.41) is 8.78. The van der Waals surface area contributed by atoms with Crippen LogP contribution in [0.3, 0.4) is 0 Å². The SMILES string of the molecule is Cc1ccc(NC(=O)C2(c3ccc4c(c3)OC(F)(F)O4)CC2)nc1-c1cccc(C(=O)NCCCCNC(=O)CCc2ccc(C(=O)N3CC4CC(C3)N4C(=O)/C=C/CN(C)C)s2)c1. The molecule has 336 valence electrons. The third-order valence-corrected chi connectivity index (χ3v) is 13.2. The van der Waals surface area contributed by atoms with E-state index in [9.17, 15) is 32.8 Å².